The van der Waals surface area contributed by atoms with Crippen molar-refractivity contribution in [1.82, 2.24) is 19.4 Å². The molecule has 3 aromatic rings. The van der Waals surface area contributed by atoms with Crippen molar-refractivity contribution in [1.29, 1.82) is 0 Å². The Hall–Kier alpha value is -2.90. The lowest BCUT2D eigenvalue weighted by molar-refractivity contribution is -0.118. The summed E-state index contributed by atoms with van der Waals surface area (Å²) in [5.74, 6) is 2.00. The zero-order valence-electron chi connectivity index (χ0n) is 21.8. The number of nitrogens with zero attached hydrogens (tertiary/aromatic N) is 4. The molecular formula is C28H39N5O2. The Kier molecular flexibility index (Phi) is 8.08. The number of benzene rings is 2. The Morgan fingerprint density at radius 3 is 2.54 bits per heavy atom. The van der Waals surface area contributed by atoms with Gasteiger partial charge in [0.15, 0.2) is 6.61 Å². The summed E-state index contributed by atoms with van der Waals surface area (Å²) in [6.07, 6.45) is 0.918. The average Bonchev–Trinajstić information content (AvgIpc) is 3.16. The van der Waals surface area contributed by atoms with Gasteiger partial charge in [-0.3, -0.25) is 4.79 Å². The minimum Gasteiger partial charge on any atom is -0.483 e. The lowest BCUT2D eigenvalue weighted by Crippen LogP contribution is -2.46. The molecule has 0 bridgehead atoms. The number of hydrogen-bond acceptors (Lipinski definition) is 5. The van der Waals surface area contributed by atoms with Gasteiger partial charge < -0.3 is 24.4 Å². The lowest BCUT2D eigenvalue weighted by Gasteiger charge is -2.33. The van der Waals surface area contributed by atoms with Gasteiger partial charge in [0.1, 0.15) is 11.6 Å². The summed E-state index contributed by atoms with van der Waals surface area (Å²) in [4.78, 5) is 22.5. The van der Waals surface area contributed by atoms with Gasteiger partial charge in [0, 0.05) is 51.9 Å². The predicted molar refractivity (Wildman–Crippen MR) is 142 cm³/mol. The summed E-state index contributed by atoms with van der Waals surface area (Å²) in [5, 5.41) is 2.96. The highest BCUT2D eigenvalue weighted by atomic mass is 16.5. The molecule has 1 N–H and O–H groups in total. The maximum absolute atomic E-state index is 12.6. The van der Waals surface area contributed by atoms with Crippen molar-refractivity contribution in [3.05, 3.63) is 53.3 Å². The molecule has 0 radical (unpaired) electrons. The maximum atomic E-state index is 12.6. The number of amides is 1. The molecule has 35 heavy (non-hydrogen) atoms. The number of aryl methyl sites for hydroxylation is 2. The third-order valence-electron chi connectivity index (χ3n) is 6.97. The lowest BCUT2D eigenvalue weighted by atomic mass is 10.0. The third-order valence-corrected chi connectivity index (χ3v) is 6.97. The van der Waals surface area contributed by atoms with Crippen LogP contribution in [0, 0.1) is 6.92 Å². The van der Waals surface area contributed by atoms with Crippen molar-refractivity contribution in [2.75, 3.05) is 51.2 Å². The minimum atomic E-state index is -0.178. The molecule has 2 heterocycles. The molecule has 1 amide bonds. The molecule has 188 valence electrons. The first kappa shape index (κ1) is 25.2. The second-order valence-electron chi connectivity index (χ2n) is 9.85. The van der Waals surface area contributed by atoms with E-state index in [2.05, 4.69) is 59.6 Å². The fourth-order valence-corrected chi connectivity index (χ4v) is 4.72. The van der Waals surface area contributed by atoms with Crippen molar-refractivity contribution < 1.29 is 9.53 Å². The van der Waals surface area contributed by atoms with E-state index in [0.717, 1.165) is 85.1 Å². The smallest absolute Gasteiger partial charge is 0.262 e. The fraction of sp³-hybridized carbons (Fsp3) is 0.500. The number of ether oxygens (including phenoxy) is 1. The zero-order chi connectivity index (χ0) is 24.9. The topological polar surface area (TPSA) is 62.6 Å². The van der Waals surface area contributed by atoms with Gasteiger partial charge in [-0.15, -0.1) is 0 Å². The van der Waals surface area contributed by atoms with Gasteiger partial charge in [-0.2, -0.15) is 0 Å². The van der Waals surface area contributed by atoms with Crippen LogP contribution in [0.2, 0.25) is 0 Å². The van der Waals surface area contributed by atoms with Gasteiger partial charge in [-0.05, 0) is 54.8 Å². The molecule has 1 aliphatic rings. The van der Waals surface area contributed by atoms with Crippen LogP contribution in [0.3, 0.4) is 0 Å². The van der Waals surface area contributed by atoms with Gasteiger partial charge >= 0.3 is 0 Å². The van der Waals surface area contributed by atoms with Crippen molar-refractivity contribution in [2.24, 2.45) is 7.05 Å². The Labute approximate surface area is 209 Å². The number of carbonyl (C=O) groups excluding carboxylic acids is 1. The normalized spacial score (nSPS) is 15.1. The number of hydrogen-bond donors (Lipinski definition) is 1. The van der Waals surface area contributed by atoms with E-state index in [0.29, 0.717) is 5.92 Å². The molecular weight excluding hydrogens is 438 g/mol. The second kappa shape index (κ2) is 11.2. The van der Waals surface area contributed by atoms with Crippen LogP contribution in [-0.4, -0.2) is 71.1 Å². The predicted octanol–water partition coefficient (Wildman–Crippen LogP) is 4.20. The number of nitrogens with one attached hydrogen (secondary N) is 1. The molecule has 1 aliphatic heterocycles. The Morgan fingerprint density at radius 1 is 1.09 bits per heavy atom. The van der Waals surface area contributed by atoms with E-state index in [4.69, 9.17) is 9.72 Å². The molecule has 0 unspecified atom stereocenters. The fourth-order valence-electron chi connectivity index (χ4n) is 4.72. The van der Waals surface area contributed by atoms with Crippen LogP contribution in [-0.2, 0) is 18.3 Å². The summed E-state index contributed by atoms with van der Waals surface area (Å²) in [5.41, 5.74) is 4.94. The first-order chi connectivity index (χ1) is 16.8. The monoisotopic (exact) mass is 477 g/mol. The first-order valence-corrected chi connectivity index (χ1v) is 12.8. The molecule has 0 aliphatic carbocycles. The maximum Gasteiger partial charge on any atom is 0.262 e. The van der Waals surface area contributed by atoms with Gasteiger partial charge in [0.2, 0.25) is 0 Å². The summed E-state index contributed by atoms with van der Waals surface area (Å²) >= 11 is 0. The van der Waals surface area contributed by atoms with Crippen LogP contribution >= 0.6 is 0 Å². The van der Waals surface area contributed by atoms with Gasteiger partial charge in [0.05, 0.1) is 11.0 Å². The Bertz CT molecular complexity index is 1160. The average molecular weight is 478 g/mol. The molecule has 1 saturated heterocycles. The highest BCUT2D eigenvalue weighted by molar-refractivity contribution is 5.94. The SMILES string of the molecule is CCN1CCN(CCc2nc3cc(NC(=O)COc4cc(C)ccc4C(C)C)ccc3n2C)CC1. The number of piperazine rings is 1. The number of imidazole rings is 1. The first-order valence-electron chi connectivity index (χ1n) is 12.8. The van der Waals surface area contributed by atoms with Crippen LogP contribution in [0.15, 0.2) is 36.4 Å². The molecule has 4 rings (SSSR count). The Balaban J connectivity index is 1.35. The van der Waals surface area contributed by atoms with Crippen LogP contribution in [0.1, 0.15) is 43.6 Å². The highest BCUT2D eigenvalue weighted by Gasteiger charge is 2.17. The molecule has 1 aromatic heterocycles. The standard InChI is InChI=1S/C28H39N5O2/c1-6-32-13-15-33(16-14-32)12-11-27-30-24-18-22(8-10-25(24)31(27)5)29-28(34)19-35-26-17-21(4)7-9-23(26)20(2)3/h7-10,17-18,20H,6,11-16,19H2,1-5H3,(H,29,34). The van der Waals surface area contributed by atoms with E-state index in [-0.39, 0.29) is 12.5 Å². The molecule has 7 heteroatoms. The summed E-state index contributed by atoms with van der Waals surface area (Å²) in [7, 11) is 2.07. The minimum absolute atomic E-state index is 0.0278. The number of anilines is 1. The number of likely N-dealkylation sites (N-methyl/N-ethyl adjacent to an activating group) is 1. The second-order valence-corrected chi connectivity index (χ2v) is 9.85. The van der Waals surface area contributed by atoms with Crippen LogP contribution < -0.4 is 10.1 Å². The van der Waals surface area contributed by atoms with E-state index in [1.807, 2.05) is 31.2 Å². The van der Waals surface area contributed by atoms with Gasteiger partial charge in [0.25, 0.3) is 5.91 Å². The van der Waals surface area contributed by atoms with Gasteiger partial charge in [-0.25, -0.2) is 4.98 Å². The highest BCUT2D eigenvalue weighted by Crippen LogP contribution is 2.27. The number of rotatable bonds is 9. The summed E-state index contributed by atoms with van der Waals surface area (Å²) in [6.45, 7) is 15.2. The molecule has 0 spiro atoms. The van der Waals surface area contributed by atoms with Crippen molar-refractivity contribution in [3.63, 3.8) is 0 Å². The number of fused-ring (bicyclic) bond motifs is 1. The molecule has 0 saturated carbocycles. The van der Waals surface area contributed by atoms with E-state index in [1.54, 1.807) is 0 Å². The molecule has 1 fully saturated rings. The van der Waals surface area contributed by atoms with Crippen molar-refractivity contribution in [3.8, 4) is 5.75 Å². The van der Waals surface area contributed by atoms with E-state index < -0.39 is 0 Å². The zero-order valence-corrected chi connectivity index (χ0v) is 21.8. The quantitative estimate of drug-likeness (QED) is 0.500. The Morgan fingerprint density at radius 2 is 1.83 bits per heavy atom. The molecule has 2 aromatic carbocycles. The van der Waals surface area contributed by atoms with E-state index in [1.165, 1.54) is 0 Å². The van der Waals surface area contributed by atoms with Crippen LogP contribution in [0.5, 0.6) is 5.75 Å². The summed E-state index contributed by atoms with van der Waals surface area (Å²) in [6, 6.07) is 12.0. The number of carbonyl (C=O) groups is 1. The van der Waals surface area contributed by atoms with Gasteiger partial charge in [-0.1, -0.05) is 32.9 Å². The van der Waals surface area contributed by atoms with E-state index in [9.17, 15) is 4.79 Å². The summed E-state index contributed by atoms with van der Waals surface area (Å²) < 4.78 is 8.05. The third kappa shape index (κ3) is 6.21. The van der Waals surface area contributed by atoms with Crippen LogP contribution in [0.25, 0.3) is 11.0 Å². The molecule has 7 nitrogen and oxygen atoms in total. The van der Waals surface area contributed by atoms with Crippen molar-refractivity contribution >= 4 is 22.6 Å². The largest absolute Gasteiger partial charge is 0.483 e. The molecule has 0 atom stereocenters. The van der Waals surface area contributed by atoms with E-state index >= 15 is 0 Å². The number of aromatic nitrogens is 2. The van der Waals surface area contributed by atoms with Crippen molar-refractivity contribution in [2.45, 2.75) is 40.0 Å². The van der Waals surface area contributed by atoms with Crippen LogP contribution in [0.4, 0.5) is 5.69 Å².